The van der Waals surface area contributed by atoms with Gasteiger partial charge in [-0.1, -0.05) is 36.4 Å². The van der Waals surface area contributed by atoms with Crippen LogP contribution >= 0.6 is 15.9 Å². The molecule has 54 heavy (non-hydrogen) atoms. The van der Waals surface area contributed by atoms with Gasteiger partial charge in [-0.15, -0.1) is 0 Å². The van der Waals surface area contributed by atoms with Crippen LogP contribution in [-0.2, 0) is 41.9 Å². The first-order chi connectivity index (χ1) is 25.8. The fraction of sp³-hybridized carbons (Fsp3) is 0.326. The zero-order valence-corrected chi connectivity index (χ0v) is 35.1. The smallest absolute Gasteiger partial charge is 0.512 e. The van der Waals surface area contributed by atoms with Crippen molar-refractivity contribution >= 4 is 39.1 Å². The molecule has 4 aliphatic rings. The molecule has 0 saturated heterocycles. The van der Waals surface area contributed by atoms with E-state index in [0.717, 1.165) is 89.8 Å². The van der Waals surface area contributed by atoms with Crippen LogP contribution in [0.3, 0.4) is 0 Å². The van der Waals surface area contributed by atoms with Crippen LogP contribution in [0.5, 0.6) is 23.0 Å². The van der Waals surface area contributed by atoms with E-state index in [0.29, 0.717) is 17.1 Å². The molecule has 2 aliphatic heterocycles. The molecule has 0 aromatic heterocycles. The molecule has 4 aromatic carbocycles. The number of hydrogen-bond donors (Lipinski definition) is 0. The number of ether oxygens (including phenoxy) is 2. The fourth-order valence-corrected chi connectivity index (χ4v) is 7.29. The van der Waals surface area contributed by atoms with Crippen molar-refractivity contribution in [1.29, 1.82) is 15.8 Å². The van der Waals surface area contributed by atoms with Crippen molar-refractivity contribution in [3.63, 3.8) is 0 Å². The third-order valence-electron chi connectivity index (χ3n) is 9.82. The van der Waals surface area contributed by atoms with E-state index in [2.05, 4.69) is 35.8 Å². The third kappa shape index (κ3) is 9.37. The number of fused-ring (bicyclic) bond motifs is 2. The van der Waals surface area contributed by atoms with Crippen molar-refractivity contribution in [3.8, 4) is 29.1 Å². The second-order valence-corrected chi connectivity index (χ2v) is 14.4. The summed E-state index contributed by atoms with van der Waals surface area (Å²) < 4.78 is 13.2. The van der Waals surface area contributed by atoms with Crippen LogP contribution in [-0.4, -0.2) is 23.9 Å². The zero-order chi connectivity index (χ0) is 38.1. The van der Waals surface area contributed by atoms with Crippen molar-refractivity contribution < 1.29 is 38.5 Å². The Morgan fingerprint density at radius 2 is 1.06 bits per heavy atom. The summed E-state index contributed by atoms with van der Waals surface area (Å²) in [5.41, 5.74) is 4.52. The molecule has 2 saturated carbocycles. The molecule has 0 radical (unpaired) electrons. The molecule has 2 heterocycles. The van der Waals surface area contributed by atoms with Crippen LogP contribution in [0.1, 0.15) is 69.1 Å². The number of anilines is 2. The number of rotatable bonds is 6. The average molecular weight is 836 g/mol. The minimum atomic E-state index is 0. The number of carbonyl (C=O) groups is 2. The van der Waals surface area contributed by atoms with Gasteiger partial charge in [-0.25, -0.2) is 0 Å². The van der Waals surface area contributed by atoms with Crippen LogP contribution in [0.25, 0.3) is 0 Å². The van der Waals surface area contributed by atoms with Gasteiger partial charge in [0.2, 0.25) is 11.8 Å². The van der Waals surface area contributed by atoms with E-state index in [1.807, 2.05) is 88.7 Å². The molecule has 2 atom stereocenters. The Morgan fingerprint density at radius 1 is 0.648 bits per heavy atom. The van der Waals surface area contributed by atoms with Gasteiger partial charge in [-0.05, 0) is 130 Å². The predicted molar refractivity (Wildman–Crippen MR) is 204 cm³/mol. The van der Waals surface area contributed by atoms with Crippen molar-refractivity contribution in [2.45, 2.75) is 77.3 Å². The molecule has 8 rings (SSSR count). The standard InChI is InChI=1S/C21H20N2O2.C20H20BrNO2.2CN.Zn/c1-14-7-11-18-19(23(14)21(24)15-8-9-15)12-10-16(13-22)20(18)25-17-5-3-2-4-6-17;1-13-7-10-16-18(22(13)20(23)14-8-9-14)12-11-17(21)19(16)24-15-5-3-2-4-6-15;2*1-2;/h2-6,10,12,14-15H,7-9,11H2,1H3;2-6,11-14H,7-10H2,1H3;;;/q;;2*-1;+2/t14-;13-;;;/m00.../s1. The van der Waals surface area contributed by atoms with Crippen molar-refractivity contribution in [3.05, 3.63) is 119 Å². The summed E-state index contributed by atoms with van der Waals surface area (Å²) in [7, 11) is 0. The molecule has 0 spiro atoms. The molecular formula is C43H40BrN5O4Zn. The van der Waals surface area contributed by atoms with Gasteiger partial charge in [-0.3, -0.25) is 9.59 Å². The van der Waals surface area contributed by atoms with Crippen molar-refractivity contribution in [1.82, 2.24) is 0 Å². The summed E-state index contributed by atoms with van der Waals surface area (Å²) in [5.74, 6) is 3.81. The third-order valence-corrected chi connectivity index (χ3v) is 10.4. The summed E-state index contributed by atoms with van der Waals surface area (Å²) in [6.07, 6.45) is 7.61. The number of halogens is 1. The van der Waals surface area contributed by atoms with Gasteiger partial charge in [-0.2, -0.15) is 5.26 Å². The number of nitriles is 1. The Kier molecular flexibility index (Phi) is 15.0. The van der Waals surface area contributed by atoms with E-state index < -0.39 is 0 Å². The Morgan fingerprint density at radius 3 is 1.48 bits per heavy atom. The van der Waals surface area contributed by atoms with E-state index >= 15 is 0 Å². The van der Waals surface area contributed by atoms with Crippen LogP contribution in [0.4, 0.5) is 11.4 Å². The molecule has 270 valence electrons. The number of para-hydroxylation sites is 2. The summed E-state index contributed by atoms with van der Waals surface area (Å²) >= 11 is 3.62. The Labute approximate surface area is 339 Å². The summed E-state index contributed by atoms with van der Waals surface area (Å²) in [5, 5.41) is 22.0. The van der Waals surface area contributed by atoms with Gasteiger partial charge >= 0.3 is 19.5 Å². The zero-order valence-electron chi connectivity index (χ0n) is 30.5. The van der Waals surface area contributed by atoms with Crippen LogP contribution in [0, 0.1) is 46.8 Å². The minimum Gasteiger partial charge on any atom is -0.512 e. The van der Waals surface area contributed by atoms with Crippen LogP contribution in [0.2, 0.25) is 0 Å². The molecule has 0 N–H and O–H groups in total. The predicted octanol–water partition coefficient (Wildman–Crippen LogP) is 9.94. The van der Waals surface area contributed by atoms with E-state index in [4.69, 9.17) is 33.1 Å². The van der Waals surface area contributed by atoms with Gasteiger partial charge in [0, 0.05) is 35.0 Å². The molecule has 0 bridgehead atoms. The Hall–Kier alpha value is -5.01. The van der Waals surface area contributed by atoms with E-state index in [1.165, 1.54) is 0 Å². The molecule has 4 aromatic rings. The van der Waals surface area contributed by atoms with Gasteiger partial charge < -0.3 is 42.9 Å². The maximum absolute atomic E-state index is 12.8. The van der Waals surface area contributed by atoms with Crippen LogP contribution in [0.15, 0.2) is 89.4 Å². The molecule has 0 unspecified atom stereocenters. The second-order valence-electron chi connectivity index (χ2n) is 13.5. The van der Waals surface area contributed by atoms with Gasteiger partial charge in [0.25, 0.3) is 0 Å². The normalized spacial score (nSPS) is 17.7. The fourth-order valence-electron chi connectivity index (χ4n) is 6.83. The molecular weight excluding hydrogens is 796 g/mol. The minimum absolute atomic E-state index is 0. The van der Waals surface area contributed by atoms with Crippen molar-refractivity contribution in [2.24, 2.45) is 11.8 Å². The first-order valence-corrected chi connectivity index (χ1v) is 18.6. The monoisotopic (exact) mass is 833 g/mol. The average Bonchev–Trinajstić information content (AvgIpc) is 4.13. The number of nitrogens with zero attached hydrogens (tertiary/aromatic N) is 5. The quantitative estimate of drug-likeness (QED) is 0.140. The Balaban J connectivity index is 0.000000217. The Bertz CT molecular complexity index is 2000. The van der Waals surface area contributed by atoms with Crippen molar-refractivity contribution in [2.75, 3.05) is 9.80 Å². The van der Waals surface area contributed by atoms with Crippen LogP contribution < -0.4 is 19.3 Å². The maximum atomic E-state index is 12.8. The number of carbonyl (C=O) groups excluding carboxylic acids is 2. The van der Waals surface area contributed by atoms with Gasteiger partial charge in [0.05, 0.1) is 21.4 Å². The molecule has 9 nitrogen and oxygen atoms in total. The summed E-state index contributed by atoms with van der Waals surface area (Å²) in [6.45, 7) is 13.7. The number of benzene rings is 4. The molecule has 2 amide bonds. The van der Waals surface area contributed by atoms with Gasteiger partial charge in [0.1, 0.15) is 29.1 Å². The van der Waals surface area contributed by atoms with E-state index in [-0.39, 0.29) is 55.2 Å². The SMILES string of the molecule is C[C@H]1CCc2c(ccc(Br)c2Oc2ccccc2)N1C(=O)C1CC1.C[C@H]1CCc2c(ccc(C#N)c2Oc2ccccc2)N1C(=O)C1CC1.[C-]#N.[C-]#N.[Zn+2]. The van der Waals surface area contributed by atoms with E-state index in [9.17, 15) is 14.9 Å². The largest absolute Gasteiger partial charge is 2.00 e. The molecule has 2 fully saturated rings. The van der Waals surface area contributed by atoms with Gasteiger partial charge in [0.15, 0.2) is 0 Å². The molecule has 2 aliphatic carbocycles. The van der Waals surface area contributed by atoms with E-state index in [1.54, 1.807) is 6.07 Å². The topological polar surface area (TPSA) is 130 Å². The summed E-state index contributed by atoms with van der Waals surface area (Å²) in [6, 6.07) is 29.6. The molecule has 11 heteroatoms. The number of amides is 2. The second kappa shape index (κ2) is 19.4. The number of hydrogen-bond acceptors (Lipinski definition) is 7. The summed E-state index contributed by atoms with van der Waals surface area (Å²) in [4.78, 5) is 29.5. The maximum Gasteiger partial charge on any atom is 2.00 e. The first-order valence-electron chi connectivity index (χ1n) is 17.8. The first kappa shape index (κ1) is 41.7.